The summed E-state index contributed by atoms with van der Waals surface area (Å²) in [5.74, 6) is -0.764. The Balaban J connectivity index is 1.34. The molecule has 1 amide bonds. The third-order valence-corrected chi connectivity index (χ3v) is 6.34. The van der Waals surface area contributed by atoms with Crippen LogP contribution >= 0.6 is 0 Å². The first-order valence-electron chi connectivity index (χ1n) is 11.0. The highest BCUT2D eigenvalue weighted by atomic mass is 19.4. The first-order chi connectivity index (χ1) is 16.2. The van der Waals surface area contributed by atoms with Gasteiger partial charge in [-0.25, -0.2) is 9.37 Å². The molecule has 7 nitrogen and oxygen atoms in total. The Hall–Kier alpha value is -3.50. The molecule has 0 spiro atoms. The number of anilines is 1. The molecule has 34 heavy (non-hydrogen) atoms. The summed E-state index contributed by atoms with van der Waals surface area (Å²) in [6.45, 7) is 1.26. The third kappa shape index (κ3) is 4.10. The lowest BCUT2D eigenvalue weighted by atomic mass is 9.87. The predicted octanol–water partition coefficient (Wildman–Crippen LogP) is 4.53. The van der Waals surface area contributed by atoms with Gasteiger partial charge in [0, 0.05) is 30.4 Å². The predicted molar refractivity (Wildman–Crippen MR) is 115 cm³/mol. The number of H-pyrrole nitrogens is 1. The Kier molecular flexibility index (Phi) is 5.49. The Morgan fingerprint density at radius 1 is 1.26 bits per heavy atom. The standard InChI is InChI=1S/C23H22F4N4O3/c24-15-11-29-21-19(20-17(30-21)2-1-9-33-20)18(15)12-5-7-31(8-6-12)22(32)14-4-3-13(10-16(14)28)34-23(25,26)27/h3-4,10-12H,1-2,5-9,28H2,(H,29,30). The molecule has 2 aliphatic heterocycles. The SMILES string of the molecule is Nc1cc(OC(F)(F)F)ccc1C(=O)N1CCC(c2c(F)cnc3[nH]c4c(c23)OCCC4)CC1. The molecule has 1 fully saturated rings. The number of alkyl halides is 3. The maximum Gasteiger partial charge on any atom is 0.573 e. The van der Waals surface area contributed by atoms with Crippen molar-refractivity contribution in [1.29, 1.82) is 0 Å². The molecular formula is C23H22F4N4O3. The number of benzene rings is 1. The van der Waals surface area contributed by atoms with Gasteiger partial charge < -0.3 is 25.1 Å². The van der Waals surface area contributed by atoms with Crippen LogP contribution in [-0.4, -0.2) is 46.8 Å². The van der Waals surface area contributed by atoms with E-state index in [-0.39, 0.29) is 17.2 Å². The van der Waals surface area contributed by atoms with Gasteiger partial charge in [0.1, 0.15) is 23.0 Å². The number of halogens is 4. The second-order valence-corrected chi connectivity index (χ2v) is 8.49. The Bertz CT molecular complexity index is 1250. The molecule has 0 bridgehead atoms. The number of fused-ring (bicyclic) bond motifs is 3. The van der Waals surface area contributed by atoms with Crippen LogP contribution in [-0.2, 0) is 6.42 Å². The Morgan fingerprint density at radius 3 is 2.74 bits per heavy atom. The highest BCUT2D eigenvalue weighted by molar-refractivity contribution is 5.99. The minimum Gasteiger partial charge on any atom is -0.491 e. The number of carbonyl (C=O) groups is 1. The second kappa shape index (κ2) is 8.37. The Labute approximate surface area is 191 Å². The number of hydrogen-bond acceptors (Lipinski definition) is 5. The fourth-order valence-corrected chi connectivity index (χ4v) is 4.81. The molecule has 0 atom stereocenters. The number of aromatic nitrogens is 2. The van der Waals surface area contributed by atoms with E-state index in [0.717, 1.165) is 30.7 Å². The average molecular weight is 478 g/mol. The summed E-state index contributed by atoms with van der Waals surface area (Å²) in [7, 11) is 0. The van der Waals surface area contributed by atoms with Crippen molar-refractivity contribution in [3.63, 3.8) is 0 Å². The normalized spacial score (nSPS) is 16.9. The highest BCUT2D eigenvalue weighted by Gasteiger charge is 2.33. The zero-order valence-corrected chi connectivity index (χ0v) is 18.0. The molecule has 3 aromatic rings. The van der Waals surface area contributed by atoms with E-state index >= 15 is 0 Å². The zero-order chi connectivity index (χ0) is 24.0. The smallest absolute Gasteiger partial charge is 0.491 e. The first-order valence-corrected chi connectivity index (χ1v) is 11.0. The fraction of sp³-hybridized carbons (Fsp3) is 0.391. The van der Waals surface area contributed by atoms with Gasteiger partial charge >= 0.3 is 6.36 Å². The molecule has 1 saturated heterocycles. The molecule has 4 heterocycles. The number of rotatable bonds is 3. The summed E-state index contributed by atoms with van der Waals surface area (Å²) < 4.78 is 61.9. The molecule has 11 heteroatoms. The van der Waals surface area contributed by atoms with Gasteiger partial charge in [-0.3, -0.25) is 4.79 Å². The van der Waals surface area contributed by atoms with E-state index in [9.17, 15) is 22.4 Å². The summed E-state index contributed by atoms with van der Waals surface area (Å²) >= 11 is 0. The minimum absolute atomic E-state index is 0.0959. The second-order valence-electron chi connectivity index (χ2n) is 8.49. The molecule has 0 aliphatic carbocycles. The van der Waals surface area contributed by atoms with Crippen LogP contribution in [0.5, 0.6) is 11.5 Å². The van der Waals surface area contributed by atoms with Crippen molar-refractivity contribution in [2.45, 2.75) is 38.0 Å². The van der Waals surface area contributed by atoms with Crippen LogP contribution in [0.2, 0.25) is 0 Å². The topological polar surface area (TPSA) is 93.5 Å². The van der Waals surface area contributed by atoms with Crippen molar-refractivity contribution in [2.75, 3.05) is 25.4 Å². The Morgan fingerprint density at radius 2 is 2.03 bits per heavy atom. The summed E-state index contributed by atoms with van der Waals surface area (Å²) in [4.78, 5) is 22.0. The van der Waals surface area contributed by atoms with Gasteiger partial charge in [-0.05, 0) is 43.7 Å². The van der Waals surface area contributed by atoms with Gasteiger partial charge in [-0.2, -0.15) is 0 Å². The van der Waals surface area contributed by atoms with Crippen molar-refractivity contribution in [3.8, 4) is 11.5 Å². The molecular weight excluding hydrogens is 456 g/mol. The van der Waals surface area contributed by atoms with Gasteiger partial charge in [-0.1, -0.05) is 0 Å². The van der Waals surface area contributed by atoms with Crippen molar-refractivity contribution >= 4 is 22.6 Å². The van der Waals surface area contributed by atoms with Crippen molar-refractivity contribution < 1.29 is 31.8 Å². The number of likely N-dealkylation sites (tertiary alicyclic amines) is 1. The monoisotopic (exact) mass is 478 g/mol. The van der Waals surface area contributed by atoms with Crippen LogP contribution < -0.4 is 15.2 Å². The quantitative estimate of drug-likeness (QED) is 0.426. The molecule has 180 valence electrons. The van der Waals surface area contributed by atoms with E-state index in [2.05, 4.69) is 14.7 Å². The first kappa shape index (κ1) is 22.3. The molecule has 2 aliphatic rings. The fourth-order valence-electron chi connectivity index (χ4n) is 4.81. The van der Waals surface area contributed by atoms with Gasteiger partial charge in [0.25, 0.3) is 5.91 Å². The number of aromatic amines is 1. The number of carbonyl (C=O) groups excluding carboxylic acids is 1. The van der Waals surface area contributed by atoms with E-state index in [1.165, 1.54) is 12.3 Å². The van der Waals surface area contributed by atoms with Crippen molar-refractivity contribution in [3.05, 3.63) is 47.0 Å². The lowest BCUT2D eigenvalue weighted by Crippen LogP contribution is -2.38. The van der Waals surface area contributed by atoms with E-state index in [4.69, 9.17) is 10.5 Å². The number of aryl methyl sites for hydroxylation is 1. The van der Waals surface area contributed by atoms with Crippen LogP contribution in [0.25, 0.3) is 11.0 Å². The molecule has 5 rings (SSSR count). The molecule has 0 radical (unpaired) electrons. The summed E-state index contributed by atoms with van der Waals surface area (Å²) in [5.41, 5.74) is 7.88. The number of nitrogen functional groups attached to an aromatic ring is 1. The lowest BCUT2D eigenvalue weighted by Gasteiger charge is -2.33. The number of amides is 1. The molecule has 2 aromatic heterocycles. The molecule has 3 N–H and O–H groups in total. The van der Waals surface area contributed by atoms with E-state index in [1.807, 2.05) is 0 Å². The van der Waals surface area contributed by atoms with Crippen LogP contribution in [0.1, 0.15) is 46.8 Å². The number of nitrogens with two attached hydrogens (primary N) is 1. The molecule has 1 aromatic carbocycles. The molecule has 0 unspecified atom stereocenters. The van der Waals surface area contributed by atoms with E-state index < -0.39 is 23.8 Å². The number of piperidine rings is 1. The number of nitrogens with zero attached hydrogens (tertiary/aromatic N) is 2. The summed E-state index contributed by atoms with van der Waals surface area (Å²) in [6, 6.07) is 3.26. The van der Waals surface area contributed by atoms with Gasteiger partial charge in [0.2, 0.25) is 0 Å². The van der Waals surface area contributed by atoms with Gasteiger partial charge in [-0.15, -0.1) is 13.2 Å². The number of ether oxygens (including phenoxy) is 2. The van der Waals surface area contributed by atoms with Crippen LogP contribution in [0, 0.1) is 5.82 Å². The van der Waals surface area contributed by atoms with Crippen LogP contribution in [0.3, 0.4) is 0 Å². The number of nitrogens with one attached hydrogen (secondary N) is 1. The maximum atomic E-state index is 15.0. The van der Waals surface area contributed by atoms with E-state index in [0.29, 0.717) is 54.9 Å². The van der Waals surface area contributed by atoms with Crippen LogP contribution in [0.4, 0.5) is 23.2 Å². The summed E-state index contributed by atoms with van der Waals surface area (Å²) in [5, 5.41) is 0.670. The number of hydrogen-bond donors (Lipinski definition) is 2. The minimum atomic E-state index is -4.85. The largest absolute Gasteiger partial charge is 0.573 e. The highest BCUT2D eigenvalue weighted by Crippen LogP contribution is 2.42. The number of pyridine rings is 1. The van der Waals surface area contributed by atoms with Crippen LogP contribution in [0.15, 0.2) is 24.4 Å². The van der Waals surface area contributed by atoms with Crippen molar-refractivity contribution in [1.82, 2.24) is 14.9 Å². The van der Waals surface area contributed by atoms with Crippen molar-refractivity contribution in [2.24, 2.45) is 0 Å². The third-order valence-electron chi connectivity index (χ3n) is 6.34. The van der Waals surface area contributed by atoms with E-state index in [1.54, 1.807) is 4.90 Å². The summed E-state index contributed by atoms with van der Waals surface area (Å²) in [6.07, 6.45) is -0.925. The van der Waals surface area contributed by atoms with Gasteiger partial charge in [0.15, 0.2) is 0 Å². The lowest BCUT2D eigenvalue weighted by molar-refractivity contribution is -0.274. The van der Waals surface area contributed by atoms with Gasteiger partial charge in [0.05, 0.1) is 29.4 Å². The molecule has 0 saturated carbocycles. The maximum absolute atomic E-state index is 15.0. The average Bonchev–Trinajstić information content (AvgIpc) is 3.17. The zero-order valence-electron chi connectivity index (χ0n) is 18.0.